The number of halogens is 2. The largest absolute Gasteiger partial charge is 0.387 e. The molecule has 0 spiro atoms. The number of aliphatic hydroxyl groups excluding tert-OH is 1. The van der Waals surface area contributed by atoms with E-state index >= 15 is 4.39 Å². The van der Waals surface area contributed by atoms with Gasteiger partial charge in [0.15, 0.2) is 0 Å². The Hall–Kier alpha value is -8.08. The van der Waals surface area contributed by atoms with Gasteiger partial charge in [-0.05, 0) is 73.2 Å². The number of benzene rings is 2. The average Bonchev–Trinajstić information content (AvgIpc) is 3.76. The van der Waals surface area contributed by atoms with Crippen LogP contribution < -0.4 is 43.0 Å². The maximum absolute atomic E-state index is 15.4. The van der Waals surface area contributed by atoms with Gasteiger partial charge in [0.2, 0.25) is 53.2 Å². The van der Waals surface area contributed by atoms with Crippen molar-refractivity contribution in [3.05, 3.63) is 114 Å². The van der Waals surface area contributed by atoms with Crippen LogP contribution in [0.1, 0.15) is 83.7 Å². The van der Waals surface area contributed by atoms with Crippen LogP contribution in [0.3, 0.4) is 0 Å². The quantitative estimate of drug-likeness (QED) is 0.0380. The SMILES string of the molecule is CCC(=O)NCC(=O)NCCNC(=O)[C@H](CCN(C(=O)CO)[C@@H](c1cc(-c2cc(F)ccc2F)cn1Cc1ccccc1)C(C)(C)C)NC(=O)[C@H](CC(N)=O)NC(=O)[C@H](C)NC(=O)[C@H](C)NC(=O)Cc1ccncc1. The molecule has 0 bridgehead atoms. The fourth-order valence-electron chi connectivity index (χ4n) is 7.94. The van der Waals surface area contributed by atoms with E-state index in [-0.39, 0.29) is 69.0 Å². The number of pyridine rings is 1. The van der Waals surface area contributed by atoms with Gasteiger partial charge in [-0.1, -0.05) is 58.0 Å². The van der Waals surface area contributed by atoms with Crippen LogP contribution >= 0.6 is 0 Å². The number of hydrogen-bond acceptors (Lipinski definition) is 11. The van der Waals surface area contributed by atoms with Crippen molar-refractivity contribution >= 4 is 53.2 Å². The van der Waals surface area contributed by atoms with E-state index in [1.807, 2.05) is 51.1 Å². The Morgan fingerprint density at radius 1 is 0.733 bits per heavy atom. The number of rotatable bonds is 27. The maximum Gasteiger partial charge on any atom is 0.248 e. The predicted octanol–water partition coefficient (Wildman–Crippen LogP) is 1.03. The molecule has 404 valence electrons. The number of aromatic nitrogens is 2. The number of nitrogens with two attached hydrogens (primary N) is 1. The Balaban J connectivity index is 1.64. The van der Waals surface area contributed by atoms with E-state index in [1.54, 1.807) is 35.9 Å². The van der Waals surface area contributed by atoms with Crippen LogP contribution in [0, 0.1) is 17.0 Å². The van der Waals surface area contributed by atoms with E-state index in [0.29, 0.717) is 11.3 Å². The summed E-state index contributed by atoms with van der Waals surface area (Å²) in [5.41, 5.74) is 6.76. The molecule has 9 amide bonds. The van der Waals surface area contributed by atoms with Gasteiger partial charge in [0, 0.05) is 68.0 Å². The van der Waals surface area contributed by atoms with Crippen molar-refractivity contribution in [1.29, 1.82) is 0 Å². The minimum atomic E-state index is -1.72. The molecule has 10 N–H and O–H groups in total. The third-order valence-electron chi connectivity index (χ3n) is 11.7. The molecule has 0 saturated heterocycles. The van der Waals surface area contributed by atoms with Gasteiger partial charge in [0.25, 0.3) is 0 Å². The van der Waals surface area contributed by atoms with Crippen LogP contribution in [-0.2, 0) is 56.1 Å². The first kappa shape index (κ1) is 59.5. The van der Waals surface area contributed by atoms with Crippen molar-refractivity contribution < 1.29 is 57.0 Å². The number of hydrogen-bond donors (Lipinski definition) is 9. The van der Waals surface area contributed by atoms with Crippen molar-refractivity contribution in [2.75, 3.05) is 32.8 Å². The Bertz CT molecular complexity index is 2650. The zero-order chi connectivity index (χ0) is 55.4. The zero-order valence-electron chi connectivity index (χ0n) is 42.8. The highest BCUT2D eigenvalue weighted by atomic mass is 19.1. The van der Waals surface area contributed by atoms with Crippen LogP contribution in [0.25, 0.3) is 11.1 Å². The summed E-state index contributed by atoms with van der Waals surface area (Å²) in [5, 5.41) is 27.9. The molecule has 0 saturated carbocycles. The van der Waals surface area contributed by atoms with E-state index in [0.717, 1.165) is 23.8 Å². The number of carbonyl (C=O) groups is 9. The molecule has 2 aromatic carbocycles. The van der Waals surface area contributed by atoms with E-state index in [9.17, 15) is 52.6 Å². The highest BCUT2D eigenvalue weighted by Gasteiger charge is 2.38. The summed E-state index contributed by atoms with van der Waals surface area (Å²) in [5.74, 6) is -8.26. The van der Waals surface area contributed by atoms with Crippen molar-refractivity contribution in [2.24, 2.45) is 11.1 Å². The smallest absolute Gasteiger partial charge is 0.248 e. The zero-order valence-corrected chi connectivity index (χ0v) is 42.8. The van der Waals surface area contributed by atoms with E-state index in [2.05, 4.69) is 42.2 Å². The fraction of sp³-hybridized carbons (Fsp3) is 0.423. The average molecular weight is 1040 g/mol. The lowest BCUT2D eigenvalue weighted by Gasteiger charge is -2.41. The molecule has 2 heterocycles. The van der Waals surface area contributed by atoms with Gasteiger partial charge in [-0.15, -0.1) is 0 Å². The lowest BCUT2D eigenvalue weighted by atomic mass is 9.82. The van der Waals surface area contributed by atoms with Crippen LogP contribution in [0.15, 0.2) is 85.3 Å². The van der Waals surface area contributed by atoms with Gasteiger partial charge in [-0.2, -0.15) is 0 Å². The molecule has 0 aliphatic carbocycles. The Morgan fingerprint density at radius 2 is 1.37 bits per heavy atom. The molecule has 75 heavy (non-hydrogen) atoms. The molecule has 0 aliphatic rings. The molecule has 0 radical (unpaired) electrons. The number of amides is 9. The van der Waals surface area contributed by atoms with Crippen molar-refractivity contribution in [1.82, 2.24) is 51.7 Å². The Morgan fingerprint density at radius 3 is 2.01 bits per heavy atom. The summed E-state index contributed by atoms with van der Waals surface area (Å²) in [4.78, 5) is 123. The summed E-state index contributed by atoms with van der Waals surface area (Å²) in [6, 6.07) is 10.4. The number of aliphatic hydroxyl groups is 1. The van der Waals surface area contributed by atoms with Gasteiger partial charge in [-0.3, -0.25) is 48.1 Å². The van der Waals surface area contributed by atoms with Crippen molar-refractivity contribution in [3.63, 3.8) is 0 Å². The molecule has 23 heteroatoms. The molecule has 0 fully saturated rings. The van der Waals surface area contributed by atoms with E-state index < -0.39 is 108 Å². The molecule has 5 atom stereocenters. The number of carbonyl (C=O) groups excluding carboxylic acids is 9. The van der Waals surface area contributed by atoms with Gasteiger partial charge in [0.1, 0.15) is 42.4 Å². The van der Waals surface area contributed by atoms with E-state index in [4.69, 9.17) is 5.73 Å². The molecular weight excluding hydrogens is 977 g/mol. The lowest BCUT2D eigenvalue weighted by molar-refractivity contribution is -0.140. The molecule has 4 aromatic rings. The van der Waals surface area contributed by atoms with Gasteiger partial charge in [-0.25, -0.2) is 8.78 Å². The number of nitrogens with one attached hydrogen (secondary N) is 7. The molecule has 2 aromatic heterocycles. The lowest BCUT2D eigenvalue weighted by Crippen LogP contribution is -2.58. The Labute approximate surface area is 433 Å². The molecule has 21 nitrogen and oxygen atoms in total. The molecule has 0 aliphatic heterocycles. The predicted molar refractivity (Wildman–Crippen MR) is 271 cm³/mol. The number of nitrogens with zero attached hydrogens (tertiary/aromatic N) is 3. The molecule has 0 unspecified atom stereocenters. The third-order valence-corrected chi connectivity index (χ3v) is 11.7. The number of primary amides is 1. The summed E-state index contributed by atoms with van der Waals surface area (Å²) in [6.07, 6.45) is 3.60. The second-order valence-corrected chi connectivity index (χ2v) is 18.8. The normalized spacial score (nSPS) is 13.1. The summed E-state index contributed by atoms with van der Waals surface area (Å²) >= 11 is 0. The van der Waals surface area contributed by atoms with Gasteiger partial charge in [0.05, 0.1) is 25.4 Å². The molecular formula is C52H67F2N11O10. The van der Waals surface area contributed by atoms with Crippen LogP contribution in [0.4, 0.5) is 8.78 Å². The van der Waals surface area contributed by atoms with Crippen LogP contribution in [0.5, 0.6) is 0 Å². The summed E-state index contributed by atoms with van der Waals surface area (Å²) < 4.78 is 31.7. The van der Waals surface area contributed by atoms with Gasteiger partial charge >= 0.3 is 0 Å². The standard InChI is InChI=1S/C52H67F2N11O10/c1-7-43(68)59-27-45(70)57-20-21-58-50(74)39(62-51(75)40(26-42(55)67)63-49(73)32(3)61-48(72)31(2)60-44(69)23-33-15-18-56-19-16-33)17-22-65(46(71)30-66)47(52(4,5)6)41-24-35(37-25-36(53)13-14-38(37)54)29-64(41)28-34-11-9-8-10-12-34/h8-16,18-19,24-25,29,31-32,39-40,47,66H,7,17,20-23,26-28,30H2,1-6H3,(H2,55,67)(H,57,70)(H,58,74)(H,59,68)(H,60,69)(H,61,72)(H,62,75)(H,63,73)/t31-,32-,39-,40-,47-/m0/s1. The first-order chi connectivity index (χ1) is 35.5. The summed E-state index contributed by atoms with van der Waals surface area (Å²) in [7, 11) is 0. The highest BCUT2D eigenvalue weighted by Crippen LogP contribution is 2.41. The van der Waals surface area contributed by atoms with Gasteiger partial charge < -0.3 is 57.5 Å². The molecule has 4 rings (SSSR count). The minimum Gasteiger partial charge on any atom is -0.387 e. The van der Waals surface area contributed by atoms with Crippen LogP contribution in [0.2, 0.25) is 0 Å². The highest BCUT2D eigenvalue weighted by molar-refractivity contribution is 5.97. The first-order valence-corrected chi connectivity index (χ1v) is 24.3. The fourth-order valence-corrected chi connectivity index (χ4v) is 7.94. The summed E-state index contributed by atoms with van der Waals surface area (Å²) in [6.45, 7) is 7.94. The third kappa shape index (κ3) is 18.7. The monoisotopic (exact) mass is 1040 g/mol. The first-order valence-electron chi connectivity index (χ1n) is 24.3. The maximum atomic E-state index is 15.4. The van der Waals surface area contributed by atoms with Crippen LogP contribution in [-0.4, -0.2) is 130 Å². The Kier molecular flexibility index (Phi) is 22.5. The second-order valence-electron chi connectivity index (χ2n) is 18.8. The van der Waals surface area contributed by atoms with E-state index in [1.165, 1.54) is 31.1 Å². The topological polar surface area (TPSA) is 305 Å². The van der Waals surface area contributed by atoms with Crippen molar-refractivity contribution in [2.45, 2.75) is 104 Å². The second kappa shape index (κ2) is 28.4. The van der Waals surface area contributed by atoms with Crippen molar-refractivity contribution in [3.8, 4) is 11.1 Å². The minimum absolute atomic E-state index is 0.0489.